The number of aromatic amines is 1. The van der Waals surface area contributed by atoms with Crippen LogP contribution >= 0.6 is 0 Å². The fraction of sp³-hybridized carbons (Fsp3) is 0.222. The van der Waals surface area contributed by atoms with Crippen molar-refractivity contribution in [2.75, 3.05) is 13.1 Å². The van der Waals surface area contributed by atoms with Gasteiger partial charge in [-0.15, -0.1) is 0 Å². The van der Waals surface area contributed by atoms with Gasteiger partial charge in [0.2, 0.25) is 0 Å². The van der Waals surface area contributed by atoms with Gasteiger partial charge in [-0.2, -0.15) is 5.26 Å². The zero-order valence-electron chi connectivity index (χ0n) is 12.1. The third-order valence-electron chi connectivity index (χ3n) is 4.27. The normalized spacial score (nSPS) is 17.7. The first kappa shape index (κ1) is 13.1. The van der Waals surface area contributed by atoms with Gasteiger partial charge in [0.05, 0.1) is 22.7 Å². The Morgan fingerprint density at radius 1 is 1.14 bits per heavy atom. The Bertz CT molecular complexity index is 866. The molecule has 2 heterocycles. The molecule has 0 spiro atoms. The van der Waals surface area contributed by atoms with Gasteiger partial charge in [-0.3, -0.25) is 0 Å². The monoisotopic (exact) mass is 288 g/mol. The Kier molecular flexibility index (Phi) is 3.14. The van der Waals surface area contributed by atoms with Crippen molar-refractivity contribution in [3.8, 4) is 17.2 Å². The maximum atomic E-state index is 9.03. The highest BCUT2D eigenvalue weighted by Gasteiger charge is 2.19. The van der Waals surface area contributed by atoms with Crippen molar-refractivity contribution < 1.29 is 0 Å². The van der Waals surface area contributed by atoms with Gasteiger partial charge < -0.3 is 10.3 Å². The molecule has 108 valence electrons. The molecular formula is C18H16N4. The van der Waals surface area contributed by atoms with Crippen LogP contribution in [0.2, 0.25) is 0 Å². The highest BCUT2D eigenvalue weighted by Crippen LogP contribution is 2.27. The van der Waals surface area contributed by atoms with Crippen LogP contribution in [0.1, 0.15) is 23.7 Å². The summed E-state index contributed by atoms with van der Waals surface area (Å²) in [5.74, 6) is 1.56. The number of H-pyrrole nitrogens is 1. The van der Waals surface area contributed by atoms with E-state index in [1.165, 1.54) is 0 Å². The zero-order valence-corrected chi connectivity index (χ0v) is 12.1. The summed E-state index contributed by atoms with van der Waals surface area (Å²) in [5, 5.41) is 12.4. The Balaban J connectivity index is 1.75. The Morgan fingerprint density at radius 3 is 2.86 bits per heavy atom. The largest absolute Gasteiger partial charge is 0.342 e. The molecule has 0 radical (unpaired) electrons. The van der Waals surface area contributed by atoms with E-state index >= 15 is 0 Å². The first-order chi connectivity index (χ1) is 10.8. The predicted molar refractivity (Wildman–Crippen MR) is 86.5 cm³/mol. The van der Waals surface area contributed by atoms with E-state index in [-0.39, 0.29) is 0 Å². The lowest BCUT2D eigenvalue weighted by atomic mass is 10.0. The van der Waals surface area contributed by atoms with Crippen molar-refractivity contribution >= 4 is 11.0 Å². The molecule has 4 nitrogen and oxygen atoms in total. The van der Waals surface area contributed by atoms with E-state index in [0.717, 1.165) is 47.5 Å². The summed E-state index contributed by atoms with van der Waals surface area (Å²) in [6, 6.07) is 16.1. The van der Waals surface area contributed by atoms with Crippen molar-refractivity contribution in [3.63, 3.8) is 0 Å². The van der Waals surface area contributed by atoms with Crippen LogP contribution in [0.5, 0.6) is 0 Å². The minimum Gasteiger partial charge on any atom is -0.342 e. The maximum Gasteiger partial charge on any atom is 0.111 e. The van der Waals surface area contributed by atoms with Crippen LogP contribution in [-0.2, 0) is 0 Å². The SMILES string of the molecule is N#Cc1cccc(-c2ccc3nc(C4CCNC4)[nH]c3c2)c1. The van der Waals surface area contributed by atoms with Crippen molar-refractivity contribution in [2.24, 2.45) is 0 Å². The molecular weight excluding hydrogens is 272 g/mol. The van der Waals surface area contributed by atoms with Crippen molar-refractivity contribution in [3.05, 3.63) is 53.9 Å². The number of hydrogen-bond acceptors (Lipinski definition) is 3. The number of imidazole rings is 1. The van der Waals surface area contributed by atoms with E-state index < -0.39 is 0 Å². The predicted octanol–water partition coefficient (Wildman–Crippen LogP) is 3.18. The fourth-order valence-electron chi connectivity index (χ4n) is 3.06. The molecule has 0 saturated carbocycles. The molecule has 0 amide bonds. The summed E-state index contributed by atoms with van der Waals surface area (Å²) in [7, 11) is 0. The van der Waals surface area contributed by atoms with Crippen LogP contribution in [0.25, 0.3) is 22.2 Å². The summed E-state index contributed by atoms with van der Waals surface area (Å²) >= 11 is 0. The van der Waals surface area contributed by atoms with Gasteiger partial charge in [0, 0.05) is 12.5 Å². The van der Waals surface area contributed by atoms with E-state index in [1.54, 1.807) is 0 Å². The number of nitrogens with one attached hydrogen (secondary N) is 2. The van der Waals surface area contributed by atoms with Crippen LogP contribution < -0.4 is 5.32 Å². The van der Waals surface area contributed by atoms with Crippen molar-refractivity contribution in [1.82, 2.24) is 15.3 Å². The molecule has 3 aromatic rings. The average molecular weight is 288 g/mol. The van der Waals surface area contributed by atoms with Gasteiger partial charge in [0.15, 0.2) is 0 Å². The minimum absolute atomic E-state index is 0.484. The molecule has 2 aromatic carbocycles. The zero-order chi connectivity index (χ0) is 14.9. The van der Waals surface area contributed by atoms with Crippen molar-refractivity contribution in [1.29, 1.82) is 5.26 Å². The number of nitrogens with zero attached hydrogens (tertiary/aromatic N) is 2. The number of rotatable bonds is 2. The third kappa shape index (κ3) is 2.26. The molecule has 1 unspecified atom stereocenters. The van der Waals surface area contributed by atoms with Crippen LogP contribution in [0.15, 0.2) is 42.5 Å². The number of nitriles is 1. The van der Waals surface area contributed by atoms with Gasteiger partial charge in [-0.1, -0.05) is 18.2 Å². The summed E-state index contributed by atoms with van der Waals surface area (Å²) < 4.78 is 0. The molecule has 4 rings (SSSR count). The number of hydrogen-bond donors (Lipinski definition) is 2. The molecule has 0 aliphatic carbocycles. The van der Waals surface area contributed by atoms with E-state index in [4.69, 9.17) is 10.2 Å². The number of aromatic nitrogens is 2. The average Bonchev–Trinajstić information content (AvgIpc) is 3.23. The number of fused-ring (bicyclic) bond motifs is 1. The van der Waals surface area contributed by atoms with Gasteiger partial charge in [0.25, 0.3) is 0 Å². The van der Waals surface area contributed by atoms with Crippen LogP contribution in [0.4, 0.5) is 0 Å². The van der Waals surface area contributed by atoms with Crippen LogP contribution in [-0.4, -0.2) is 23.1 Å². The van der Waals surface area contributed by atoms with Gasteiger partial charge in [-0.25, -0.2) is 4.98 Å². The first-order valence-corrected chi connectivity index (χ1v) is 7.54. The lowest BCUT2D eigenvalue weighted by Gasteiger charge is -2.02. The molecule has 1 aromatic heterocycles. The molecule has 22 heavy (non-hydrogen) atoms. The van der Waals surface area contributed by atoms with Crippen LogP contribution in [0.3, 0.4) is 0 Å². The topological polar surface area (TPSA) is 64.5 Å². The van der Waals surface area contributed by atoms with Gasteiger partial charge in [-0.05, 0) is 48.4 Å². The minimum atomic E-state index is 0.484. The second-order valence-corrected chi connectivity index (χ2v) is 5.74. The molecule has 1 saturated heterocycles. The first-order valence-electron chi connectivity index (χ1n) is 7.54. The lowest BCUT2D eigenvalue weighted by molar-refractivity contribution is 0.717. The third-order valence-corrected chi connectivity index (χ3v) is 4.27. The summed E-state index contributed by atoms with van der Waals surface area (Å²) in [5.41, 5.74) is 4.90. The Labute approximate surface area is 128 Å². The highest BCUT2D eigenvalue weighted by molar-refractivity contribution is 5.82. The molecule has 1 atom stereocenters. The molecule has 0 bridgehead atoms. The number of benzene rings is 2. The van der Waals surface area contributed by atoms with Gasteiger partial charge in [0.1, 0.15) is 5.82 Å². The molecule has 1 aliphatic heterocycles. The van der Waals surface area contributed by atoms with E-state index in [0.29, 0.717) is 11.5 Å². The van der Waals surface area contributed by atoms with Crippen LogP contribution in [0, 0.1) is 11.3 Å². The highest BCUT2D eigenvalue weighted by atomic mass is 15.0. The van der Waals surface area contributed by atoms with E-state index in [2.05, 4.69) is 28.5 Å². The molecule has 2 N–H and O–H groups in total. The van der Waals surface area contributed by atoms with E-state index in [1.807, 2.05) is 30.3 Å². The second kappa shape index (κ2) is 5.28. The Morgan fingerprint density at radius 2 is 2.05 bits per heavy atom. The molecule has 1 aliphatic rings. The summed E-state index contributed by atoms with van der Waals surface area (Å²) in [6.07, 6.45) is 1.14. The van der Waals surface area contributed by atoms with Gasteiger partial charge >= 0.3 is 0 Å². The summed E-state index contributed by atoms with van der Waals surface area (Å²) in [6.45, 7) is 2.06. The quantitative estimate of drug-likeness (QED) is 0.761. The smallest absolute Gasteiger partial charge is 0.111 e. The summed E-state index contributed by atoms with van der Waals surface area (Å²) in [4.78, 5) is 8.18. The molecule has 4 heteroatoms. The maximum absolute atomic E-state index is 9.03. The van der Waals surface area contributed by atoms with E-state index in [9.17, 15) is 0 Å². The second-order valence-electron chi connectivity index (χ2n) is 5.74. The Hall–Kier alpha value is -2.64. The fourth-order valence-corrected chi connectivity index (χ4v) is 3.06. The van der Waals surface area contributed by atoms with Crippen molar-refractivity contribution in [2.45, 2.75) is 12.3 Å². The molecule has 1 fully saturated rings. The lowest BCUT2D eigenvalue weighted by Crippen LogP contribution is -2.08. The standard InChI is InChI=1S/C18H16N4/c19-10-12-2-1-3-13(8-12)14-4-5-16-17(9-14)22-18(21-16)15-6-7-20-11-15/h1-5,8-9,15,20H,6-7,11H2,(H,21,22).